The Balaban J connectivity index is 1.29. The zero-order valence-electron chi connectivity index (χ0n) is 25.2. The molecule has 5 aromatic rings. The molecule has 1 N–H and O–H groups in total. The van der Waals surface area contributed by atoms with Gasteiger partial charge in [-0.2, -0.15) is 0 Å². The Morgan fingerprint density at radius 2 is 1.93 bits per heavy atom. The van der Waals surface area contributed by atoms with E-state index in [1.54, 1.807) is 24.5 Å². The Labute approximate surface area is 265 Å². The lowest BCUT2D eigenvalue weighted by molar-refractivity contribution is 0.0639. The van der Waals surface area contributed by atoms with Crippen molar-refractivity contribution in [2.75, 3.05) is 24.3 Å². The third-order valence-corrected chi connectivity index (χ3v) is 12.5. The lowest BCUT2D eigenvalue weighted by Gasteiger charge is -2.22. The highest BCUT2D eigenvalue weighted by molar-refractivity contribution is 7.92. The van der Waals surface area contributed by atoms with Crippen LogP contribution < -0.4 is 5.32 Å². The van der Waals surface area contributed by atoms with E-state index in [2.05, 4.69) is 32.6 Å². The van der Waals surface area contributed by atoms with Gasteiger partial charge in [0.05, 0.1) is 38.3 Å². The van der Waals surface area contributed by atoms with Crippen LogP contribution in [0.2, 0.25) is 0 Å². The average molecular weight is 643 g/mol. The molecule has 0 saturated carbocycles. The first-order valence-corrected chi connectivity index (χ1v) is 18.1. The lowest BCUT2D eigenvalue weighted by atomic mass is 9.91. The standard InChI is InChI=1S/C33H34N6O4S2/c1-18-17-45(40,41)31-28(27(33-39-38-19(2)43-33)25(36-29(18)31)6-5-20-10-14-42-15-11-20)26-16-21-9-13-35-32(30(21)44-26)37-24-8-7-23-22(24)4-3-12-34-23/h3-4,9,12-13,16,18,20,24H,5-8,10-11,14-15,17H2,1-2H3,(H,35,37). The van der Waals surface area contributed by atoms with Gasteiger partial charge in [-0.05, 0) is 73.6 Å². The molecule has 8 rings (SSSR count). The number of hydrogen-bond acceptors (Lipinski definition) is 11. The van der Waals surface area contributed by atoms with Crippen LogP contribution in [0.1, 0.15) is 73.1 Å². The molecule has 2 aliphatic heterocycles. The summed E-state index contributed by atoms with van der Waals surface area (Å²) in [7, 11) is -3.61. The Kier molecular flexibility index (Phi) is 7.18. The average Bonchev–Trinajstić information content (AvgIpc) is 3.81. The van der Waals surface area contributed by atoms with Crippen LogP contribution in [-0.2, 0) is 27.4 Å². The summed E-state index contributed by atoms with van der Waals surface area (Å²) >= 11 is 1.54. The second-order valence-corrected chi connectivity index (χ2v) is 15.4. The SMILES string of the molecule is Cc1nnc(-c2c(CCC3CCOCC3)nc3c(c2-c2cc4ccnc(NC5CCc6ncccc65)c4s2)S(=O)(=O)CC3C)o1. The van der Waals surface area contributed by atoms with E-state index in [0.29, 0.717) is 45.8 Å². The predicted octanol–water partition coefficient (Wildman–Crippen LogP) is 6.46. The van der Waals surface area contributed by atoms with Gasteiger partial charge in [0.25, 0.3) is 0 Å². The minimum absolute atomic E-state index is 0.0302. The van der Waals surface area contributed by atoms with Crippen LogP contribution in [0.15, 0.2) is 46.0 Å². The number of pyridine rings is 3. The van der Waals surface area contributed by atoms with Crippen molar-refractivity contribution >= 4 is 37.1 Å². The van der Waals surface area contributed by atoms with Crippen LogP contribution in [0.3, 0.4) is 0 Å². The van der Waals surface area contributed by atoms with Gasteiger partial charge in [-0.3, -0.25) is 9.97 Å². The maximum Gasteiger partial charge on any atom is 0.250 e. The zero-order valence-corrected chi connectivity index (χ0v) is 26.9. The molecule has 1 saturated heterocycles. The van der Waals surface area contributed by atoms with Crippen molar-refractivity contribution in [2.24, 2.45) is 5.92 Å². The topological polar surface area (TPSA) is 133 Å². The molecule has 2 atom stereocenters. The minimum atomic E-state index is -3.61. The minimum Gasteiger partial charge on any atom is -0.421 e. The number of fused-ring (bicyclic) bond motifs is 3. The number of ether oxygens (including phenoxy) is 1. The molecule has 10 nitrogen and oxygen atoms in total. The number of nitrogens with zero attached hydrogens (tertiary/aromatic N) is 5. The molecule has 232 valence electrons. The van der Waals surface area contributed by atoms with Crippen LogP contribution in [0.5, 0.6) is 0 Å². The number of sulfone groups is 1. The molecule has 2 unspecified atom stereocenters. The monoisotopic (exact) mass is 642 g/mol. The van der Waals surface area contributed by atoms with Crippen molar-refractivity contribution in [3.05, 3.63) is 65.2 Å². The van der Waals surface area contributed by atoms with Gasteiger partial charge in [-0.25, -0.2) is 13.4 Å². The fraction of sp³-hybridized carbons (Fsp3) is 0.424. The smallest absolute Gasteiger partial charge is 0.250 e. The number of aryl methyl sites for hydroxylation is 3. The first kappa shape index (κ1) is 28.7. The van der Waals surface area contributed by atoms with Gasteiger partial charge in [-0.15, -0.1) is 21.5 Å². The molecule has 0 bridgehead atoms. The Morgan fingerprint density at radius 3 is 2.76 bits per heavy atom. The summed E-state index contributed by atoms with van der Waals surface area (Å²) in [5.41, 5.74) is 5.01. The summed E-state index contributed by atoms with van der Waals surface area (Å²) in [6, 6.07) is 8.26. The van der Waals surface area contributed by atoms with Crippen molar-refractivity contribution in [3.8, 4) is 21.9 Å². The van der Waals surface area contributed by atoms with Gasteiger partial charge in [0.2, 0.25) is 11.8 Å². The van der Waals surface area contributed by atoms with Crippen LogP contribution in [0, 0.1) is 12.8 Å². The van der Waals surface area contributed by atoms with Crippen molar-refractivity contribution in [3.63, 3.8) is 0 Å². The fourth-order valence-electron chi connectivity index (χ4n) is 7.12. The first-order chi connectivity index (χ1) is 21.9. The van der Waals surface area contributed by atoms with Crippen LogP contribution in [0.25, 0.3) is 32.0 Å². The van der Waals surface area contributed by atoms with Gasteiger partial charge in [0.15, 0.2) is 9.84 Å². The molecule has 0 aromatic carbocycles. The number of anilines is 1. The molecule has 3 aliphatic rings. The fourth-order valence-corrected chi connectivity index (χ4v) is 10.4. The van der Waals surface area contributed by atoms with E-state index in [1.807, 2.05) is 25.3 Å². The summed E-state index contributed by atoms with van der Waals surface area (Å²) < 4.78 is 40.3. The molecule has 0 amide bonds. The number of thiophene rings is 1. The van der Waals surface area contributed by atoms with Gasteiger partial charge in [-0.1, -0.05) is 13.0 Å². The molecule has 5 aromatic heterocycles. The predicted molar refractivity (Wildman–Crippen MR) is 172 cm³/mol. The molecule has 0 spiro atoms. The summed E-state index contributed by atoms with van der Waals surface area (Å²) in [4.78, 5) is 15.5. The third-order valence-electron chi connectivity index (χ3n) is 9.33. The van der Waals surface area contributed by atoms with Gasteiger partial charge >= 0.3 is 0 Å². The summed E-state index contributed by atoms with van der Waals surface area (Å²) in [6.45, 7) is 5.24. The maximum atomic E-state index is 13.8. The van der Waals surface area contributed by atoms with Crippen LogP contribution in [0.4, 0.5) is 5.82 Å². The van der Waals surface area contributed by atoms with E-state index in [-0.39, 0.29) is 17.7 Å². The maximum absolute atomic E-state index is 13.8. The second-order valence-electron chi connectivity index (χ2n) is 12.4. The Hall–Kier alpha value is -3.74. The quantitative estimate of drug-likeness (QED) is 0.211. The summed E-state index contributed by atoms with van der Waals surface area (Å²) in [5.74, 6) is 1.84. The first-order valence-electron chi connectivity index (χ1n) is 15.6. The second kappa shape index (κ2) is 11.3. The van der Waals surface area contributed by atoms with E-state index < -0.39 is 9.84 Å². The highest BCUT2D eigenvalue weighted by Gasteiger charge is 2.40. The van der Waals surface area contributed by atoms with Crippen LogP contribution >= 0.6 is 11.3 Å². The number of rotatable bonds is 7. The number of nitrogens with one attached hydrogen (secondary N) is 1. The lowest BCUT2D eigenvalue weighted by Crippen LogP contribution is -2.17. The van der Waals surface area contributed by atoms with E-state index >= 15 is 0 Å². The highest BCUT2D eigenvalue weighted by atomic mass is 32.2. The van der Waals surface area contributed by atoms with Crippen LogP contribution in [-0.4, -0.2) is 52.5 Å². The molecular weight excluding hydrogens is 609 g/mol. The van der Waals surface area contributed by atoms with Gasteiger partial charge < -0.3 is 14.5 Å². The molecule has 7 heterocycles. The van der Waals surface area contributed by atoms with Gasteiger partial charge in [0.1, 0.15) is 5.82 Å². The third kappa shape index (κ3) is 5.12. The molecule has 1 fully saturated rings. The van der Waals surface area contributed by atoms with Crippen molar-refractivity contribution in [2.45, 2.75) is 69.2 Å². The summed E-state index contributed by atoms with van der Waals surface area (Å²) in [5, 5.41) is 13.2. The largest absolute Gasteiger partial charge is 0.421 e. The van der Waals surface area contributed by atoms with Crippen molar-refractivity contribution < 1.29 is 17.6 Å². The zero-order chi connectivity index (χ0) is 30.7. The molecule has 12 heteroatoms. The van der Waals surface area contributed by atoms with Crippen molar-refractivity contribution in [1.82, 2.24) is 25.1 Å². The van der Waals surface area contributed by atoms with Crippen molar-refractivity contribution in [1.29, 1.82) is 0 Å². The van der Waals surface area contributed by atoms with E-state index in [1.165, 1.54) is 5.56 Å². The molecule has 1 aliphatic carbocycles. The normalized spacial score (nSPS) is 20.8. The van der Waals surface area contributed by atoms with E-state index in [9.17, 15) is 8.42 Å². The Bertz CT molecular complexity index is 2030. The molecule has 45 heavy (non-hydrogen) atoms. The number of hydrogen-bond donors (Lipinski definition) is 1. The summed E-state index contributed by atoms with van der Waals surface area (Å²) in [6.07, 6.45) is 9.14. The van der Waals surface area contributed by atoms with E-state index in [0.717, 1.165) is 77.5 Å². The molecular formula is C33H34N6O4S2. The van der Waals surface area contributed by atoms with E-state index in [4.69, 9.17) is 19.1 Å². The molecule has 0 radical (unpaired) electrons. The number of aromatic nitrogens is 5. The Morgan fingerprint density at radius 1 is 1.07 bits per heavy atom. The highest BCUT2D eigenvalue weighted by Crippen LogP contribution is 2.50. The van der Waals surface area contributed by atoms with Gasteiger partial charge in [0, 0.05) is 54.6 Å².